The number of carbonyl (C=O) groups is 1. The molecule has 3 heterocycles. The van der Waals surface area contributed by atoms with Gasteiger partial charge in [0.15, 0.2) is 0 Å². The van der Waals surface area contributed by atoms with Crippen LogP contribution in [0.1, 0.15) is 17.8 Å². The smallest absolute Gasteiger partial charge is 0.231 e. The number of benzene rings is 1. The van der Waals surface area contributed by atoms with Gasteiger partial charge in [0.1, 0.15) is 17.2 Å². The molecule has 1 aliphatic heterocycles. The molecule has 0 radical (unpaired) electrons. The minimum Gasteiger partial charge on any atom is -0.356 e. The lowest BCUT2D eigenvalue weighted by Crippen LogP contribution is -2.41. The van der Waals surface area contributed by atoms with Crippen LogP contribution in [0.5, 0.6) is 0 Å². The maximum absolute atomic E-state index is 12.6. The monoisotopic (exact) mass is 380 g/mol. The van der Waals surface area contributed by atoms with Crippen molar-refractivity contribution in [2.45, 2.75) is 19.8 Å². The van der Waals surface area contributed by atoms with Gasteiger partial charge >= 0.3 is 0 Å². The molecule has 1 aliphatic rings. The summed E-state index contributed by atoms with van der Waals surface area (Å²) in [6.07, 6.45) is 3.39. The largest absolute Gasteiger partial charge is 0.356 e. The average Bonchev–Trinajstić information content (AvgIpc) is 3.13. The van der Waals surface area contributed by atoms with Gasteiger partial charge in [-0.1, -0.05) is 41.7 Å². The fraction of sp³-hybridized carbons (Fsp3) is 0.316. The van der Waals surface area contributed by atoms with Gasteiger partial charge in [-0.3, -0.25) is 4.79 Å². The number of carbonyl (C=O) groups excluding carboxylic acids is 1. The predicted octanol–water partition coefficient (Wildman–Crippen LogP) is 3.16. The number of anilines is 2. The summed E-state index contributed by atoms with van der Waals surface area (Å²) in [6.45, 7) is 3.39. The molecule has 0 spiro atoms. The van der Waals surface area contributed by atoms with Gasteiger partial charge in [-0.15, -0.1) is 10.2 Å². The number of piperidine rings is 1. The normalized spacial score (nSPS) is 16.9. The standard InChI is InChI=1S/C19H20N6OS/c1-13-23-24-19(27-13)22-18(26)15-8-5-9-25(11-15)17-10-16(20-12-21-17)14-6-3-2-4-7-14/h2-4,6-7,10,12,15H,5,8-9,11H2,1H3,(H,22,24,26). The number of nitrogens with zero attached hydrogens (tertiary/aromatic N) is 5. The summed E-state index contributed by atoms with van der Waals surface area (Å²) in [6, 6.07) is 12.0. The number of aryl methyl sites for hydroxylation is 1. The molecular weight excluding hydrogens is 360 g/mol. The van der Waals surface area contributed by atoms with E-state index in [1.54, 1.807) is 6.33 Å². The van der Waals surface area contributed by atoms with Crippen LogP contribution in [-0.4, -0.2) is 39.2 Å². The average molecular weight is 380 g/mol. The molecule has 2 aromatic heterocycles. The van der Waals surface area contributed by atoms with Crippen LogP contribution in [0.2, 0.25) is 0 Å². The highest BCUT2D eigenvalue weighted by Gasteiger charge is 2.27. The van der Waals surface area contributed by atoms with Crippen LogP contribution >= 0.6 is 11.3 Å². The van der Waals surface area contributed by atoms with E-state index in [0.29, 0.717) is 11.7 Å². The summed E-state index contributed by atoms with van der Waals surface area (Å²) in [7, 11) is 0. The molecule has 0 bridgehead atoms. The first-order valence-corrected chi connectivity index (χ1v) is 9.74. The maximum Gasteiger partial charge on any atom is 0.231 e. The molecule has 1 atom stereocenters. The van der Waals surface area contributed by atoms with Crippen LogP contribution in [0, 0.1) is 12.8 Å². The third-order valence-electron chi connectivity index (χ3n) is 4.59. The lowest BCUT2D eigenvalue weighted by molar-refractivity contribution is -0.120. The quantitative estimate of drug-likeness (QED) is 0.748. The highest BCUT2D eigenvalue weighted by molar-refractivity contribution is 7.15. The van der Waals surface area contributed by atoms with Crippen LogP contribution in [0.4, 0.5) is 10.9 Å². The Morgan fingerprint density at radius 3 is 2.85 bits per heavy atom. The molecule has 1 aromatic carbocycles. The second kappa shape index (κ2) is 7.79. The Morgan fingerprint density at radius 1 is 1.22 bits per heavy atom. The fourth-order valence-corrected chi connectivity index (χ4v) is 3.84. The van der Waals surface area contributed by atoms with E-state index in [9.17, 15) is 4.79 Å². The maximum atomic E-state index is 12.6. The van der Waals surface area contributed by atoms with Crippen LogP contribution in [0.3, 0.4) is 0 Å². The Morgan fingerprint density at radius 2 is 2.07 bits per heavy atom. The SMILES string of the molecule is Cc1nnc(NC(=O)C2CCCN(c3cc(-c4ccccc4)ncn3)C2)s1. The van der Waals surface area contributed by atoms with Crippen molar-refractivity contribution >= 4 is 28.2 Å². The first-order chi connectivity index (χ1) is 13.2. The number of hydrogen-bond donors (Lipinski definition) is 1. The molecule has 0 saturated carbocycles. The van der Waals surface area contributed by atoms with Gasteiger partial charge in [0.25, 0.3) is 0 Å². The van der Waals surface area contributed by atoms with Crippen molar-refractivity contribution in [3.63, 3.8) is 0 Å². The van der Waals surface area contributed by atoms with E-state index in [1.807, 2.05) is 43.3 Å². The third kappa shape index (κ3) is 4.11. The molecule has 1 N–H and O–H groups in total. The topological polar surface area (TPSA) is 83.9 Å². The van der Waals surface area contributed by atoms with E-state index in [1.165, 1.54) is 11.3 Å². The number of nitrogens with one attached hydrogen (secondary N) is 1. The van der Waals surface area contributed by atoms with Gasteiger partial charge in [0.05, 0.1) is 11.6 Å². The molecule has 4 rings (SSSR count). The van der Waals surface area contributed by atoms with Crippen LogP contribution in [0.15, 0.2) is 42.7 Å². The molecule has 3 aromatic rings. The molecule has 1 unspecified atom stereocenters. The van der Waals surface area contributed by atoms with Crippen molar-refractivity contribution in [1.82, 2.24) is 20.2 Å². The number of rotatable bonds is 4. The highest BCUT2D eigenvalue weighted by atomic mass is 32.1. The Labute approximate surface area is 161 Å². The molecule has 1 amide bonds. The Hall–Kier alpha value is -2.87. The second-order valence-electron chi connectivity index (χ2n) is 6.53. The molecule has 27 heavy (non-hydrogen) atoms. The summed E-state index contributed by atoms with van der Waals surface area (Å²) in [5.41, 5.74) is 1.94. The van der Waals surface area contributed by atoms with Crippen molar-refractivity contribution in [2.24, 2.45) is 5.92 Å². The summed E-state index contributed by atoms with van der Waals surface area (Å²) in [5.74, 6) is 0.749. The summed E-state index contributed by atoms with van der Waals surface area (Å²) < 4.78 is 0. The minimum absolute atomic E-state index is 0.00631. The number of hydrogen-bond acceptors (Lipinski definition) is 7. The minimum atomic E-state index is -0.0990. The highest BCUT2D eigenvalue weighted by Crippen LogP contribution is 2.26. The molecule has 0 aliphatic carbocycles. The summed E-state index contributed by atoms with van der Waals surface area (Å²) in [4.78, 5) is 23.6. The van der Waals surface area contributed by atoms with Crippen molar-refractivity contribution in [1.29, 1.82) is 0 Å². The van der Waals surface area contributed by atoms with Gasteiger partial charge in [-0.25, -0.2) is 9.97 Å². The van der Waals surface area contributed by atoms with Crippen molar-refractivity contribution in [3.05, 3.63) is 47.7 Å². The van der Waals surface area contributed by atoms with Gasteiger partial charge in [-0.2, -0.15) is 0 Å². The number of aromatic nitrogens is 4. The van der Waals surface area contributed by atoms with E-state index >= 15 is 0 Å². The van der Waals surface area contributed by atoms with Gasteiger partial charge in [-0.05, 0) is 19.8 Å². The molecule has 1 saturated heterocycles. The van der Waals surface area contributed by atoms with Crippen molar-refractivity contribution < 1.29 is 4.79 Å². The molecular formula is C19H20N6OS. The Bertz CT molecular complexity index is 929. The molecule has 8 heteroatoms. The molecule has 1 fully saturated rings. The van der Waals surface area contributed by atoms with Gasteiger partial charge in [0.2, 0.25) is 11.0 Å². The Balaban J connectivity index is 1.47. The van der Waals surface area contributed by atoms with Gasteiger partial charge in [0, 0.05) is 24.7 Å². The van der Waals surface area contributed by atoms with E-state index in [4.69, 9.17) is 0 Å². The first kappa shape index (κ1) is 17.5. The zero-order valence-corrected chi connectivity index (χ0v) is 15.8. The predicted molar refractivity (Wildman–Crippen MR) is 106 cm³/mol. The fourth-order valence-electron chi connectivity index (χ4n) is 3.24. The lowest BCUT2D eigenvalue weighted by atomic mass is 9.97. The lowest BCUT2D eigenvalue weighted by Gasteiger charge is -2.32. The van der Waals surface area contributed by atoms with Gasteiger partial charge < -0.3 is 10.2 Å². The second-order valence-corrected chi connectivity index (χ2v) is 7.71. The molecule has 138 valence electrons. The Kier molecular flexibility index (Phi) is 5.06. The third-order valence-corrected chi connectivity index (χ3v) is 5.35. The summed E-state index contributed by atoms with van der Waals surface area (Å²) >= 11 is 1.39. The van der Waals surface area contributed by atoms with E-state index in [2.05, 4.69) is 30.4 Å². The summed E-state index contributed by atoms with van der Waals surface area (Å²) in [5, 5.41) is 12.2. The van der Waals surface area contributed by atoms with E-state index < -0.39 is 0 Å². The number of amides is 1. The van der Waals surface area contributed by atoms with Crippen molar-refractivity contribution in [3.8, 4) is 11.3 Å². The van der Waals surface area contributed by atoms with Crippen molar-refractivity contribution in [2.75, 3.05) is 23.3 Å². The van der Waals surface area contributed by atoms with E-state index in [-0.39, 0.29) is 11.8 Å². The van der Waals surface area contributed by atoms with Crippen LogP contribution in [-0.2, 0) is 4.79 Å². The van der Waals surface area contributed by atoms with Crippen LogP contribution in [0.25, 0.3) is 11.3 Å². The first-order valence-electron chi connectivity index (χ1n) is 8.92. The zero-order chi connectivity index (χ0) is 18.6. The van der Waals surface area contributed by atoms with Crippen LogP contribution < -0.4 is 10.2 Å². The van der Waals surface area contributed by atoms with E-state index in [0.717, 1.165) is 41.5 Å². The zero-order valence-electron chi connectivity index (χ0n) is 15.0. The molecule has 7 nitrogen and oxygen atoms in total.